The van der Waals surface area contributed by atoms with Gasteiger partial charge in [-0.2, -0.15) is 0 Å². The minimum absolute atomic E-state index is 0.489. The number of hydrogen-bond acceptors (Lipinski definition) is 2. The number of allylic oxidation sites excluding steroid dienone is 2. The molecular weight excluding hydrogens is 192 g/mol. The summed E-state index contributed by atoms with van der Waals surface area (Å²) in [6.45, 7) is 1.46. The third-order valence-electron chi connectivity index (χ3n) is 1.71. The van der Waals surface area contributed by atoms with Crippen molar-refractivity contribution >= 4 is 17.6 Å². The van der Waals surface area contributed by atoms with Crippen LogP contribution in [0.4, 0.5) is 0 Å². The molecule has 13 heavy (non-hydrogen) atoms. The van der Waals surface area contributed by atoms with Crippen LogP contribution in [-0.4, -0.2) is 22.2 Å². The average molecular weight is 203 g/mol. The van der Waals surface area contributed by atoms with Crippen molar-refractivity contribution in [3.63, 3.8) is 0 Å². The van der Waals surface area contributed by atoms with Gasteiger partial charge in [0.25, 0.3) is 0 Å². The fourth-order valence-electron chi connectivity index (χ4n) is 1.01. The van der Waals surface area contributed by atoms with E-state index in [-0.39, 0.29) is 0 Å². The molecule has 0 fully saturated rings. The maximum Gasteiger partial charge on any atom is 0.332 e. The number of aliphatic carboxylic acids is 1. The molecule has 0 aromatic carbocycles. The minimum Gasteiger partial charge on any atom is -0.479 e. The van der Waals surface area contributed by atoms with Crippen LogP contribution in [0.25, 0.3) is 0 Å². The highest BCUT2D eigenvalue weighted by Crippen LogP contribution is 2.28. The fourth-order valence-corrected chi connectivity index (χ4v) is 1.30. The van der Waals surface area contributed by atoms with Crippen molar-refractivity contribution in [3.8, 4) is 0 Å². The Morgan fingerprint density at radius 2 is 2.38 bits per heavy atom. The molecule has 0 heterocycles. The number of carbonyl (C=O) groups is 1. The molecule has 2 unspecified atom stereocenters. The molecule has 0 bridgehead atoms. The second-order valence-corrected chi connectivity index (χ2v) is 3.52. The van der Waals surface area contributed by atoms with Crippen molar-refractivity contribution < 1.29 is 14.6 Å². The molecule has 1 rings (SSSR count). The van der Waals surface area contributed by atoms with Gasteiger partial charge in [0.15, 0.2) is 11.2 Å². The molecule has 0 aliphatic heterocycles. The molecule has 1 aliphatic carbocycles. The van der Waals surface area contributed by atoms with Crippen molar-refractivity contribution in [1.29, 1.82) is 0 Å². The SMILES string of the molecule is CC(OC1(Cl)C=CC=CC1)C(=O)O. The summed E-state index contributed by atoms with van der Waals surface area (Å²) in [5, 5.41) is 7.61. The van der Waals surface area contributed by atoms with E-state index in [2.05, 4.69) is 0 Å². The van der Waals surface area contributed by atoms with Gasteiger partial charge in [-0.05, 0) is 13.0 Å². The van der Waals surface area contributed by atoms with Gasteiger partial charge in [0.2, 0.25) is 0 Å². The van der Waals surface area contributed by atoms with E-state index in [9.17, 15) is 4.79 Å². The molecule has 0 spiro atoms. The zero-order valence-corrected chi connectivity index (χ0v) is 7.99. The number of ether oxygens (including phenoxy) is 1. The molecule has 1 N–H and O–H groups in total. The van der Waals surface area contributed by atoms with Gasteiger partial charge >= 0.3 is 5.97 Å². The first-order valence-electron chi connectivity index (χ1n) is 3.97. The topological polar surface area (TPSA) is 46.5 Å². The van der Waals surface area contributed by atoms with Crippen LogP contribution < -0.4 is 0 Å². The van der Waals surface area contributed by atoms with Crippen molar-refractivity contribution in [3.05, 3.63) is 24.3 Å². The highest BCUT2D eigenvalue weighted by atomic mass is 35.5. The van der Waals surface area contributed by atoms with Gasteiger partial charge < -0.3 is 9.84 Å². The Morgan fingerprint density at radius 3 is 2.85 bits per heavy atom. The van der Waals surface area contributed by atoms with Crippen LogP contribution in [0.15, 0.2) is 24.3 Å². The lowest BCUT2D eigenvalue weighted by molar-refractivity contribution is -0.153. The zero-order valence-electron chi connectivity index (χ0n) is 7.24. The Balaban J connectivity index is 2.57. The molecule has 72 valence electrons. The Morgan fingerprint density at radius 1 is 1.69 bits per heavy atom. The number of rotatable bonds is 3. The van der Waals surface area contributed by atoms with Crippen LogP contribution >= 0.6 is 11.6 Å². The summed E-state index contributed by atoms with van der Waals surface area (Å²) >= 11 is 5.99. The van der Waals surface area contributed by atoms with Gasteiger partial charge in [0.05, 0.1) is 0 Å². The molecule has 3 nitrogen and oxygen atoms in total. The summed E-state index contributed by atoms with van der Waals surface area (Å²) in [4.78, 5) is 10.5. The van der Waals surface area contributed by atoms with E-state index in [4.69, 9.17) is 21.4 Å². The van der Waals surface area contributed by atoms with Crippen molar-refractivity contribution in [1.82, 2.24) is 0 Å². The maximum atomic E-state index is 10.5. The first-order chi connectivity index (χ1) is 6.03. The molecule has 0 aromatic rings. The van der Waals surface area contributed by atoms with Crippen molar-refractivity contribution in [2.24, 2.45) is 0 Å². The van der Waals surface area contributed by atoms with Crippen LogP contribution in [0.5, 0.6) is 0 Å². The minimum atomic E-state index is -1.01. The molecule has 0 saturated carbocycles. The number of hydrogen-bond donors (Lipinski definition) is 1. The van der Waals surface area contributed by atoms with E-state index in [0.29, 0.717) is 6.42 Å². The Kier molecular flexibility index (Phi) is 3.12. The number of halogens is 1. The smallest absolute Gasteiger partial charge is 0.332 e. The van der Waals surface area contributed by atoms with Gasteiger partial charge in [-0.15, -0.1) is 0 Å². The van der Waals surface area contributed by atoms with E-state index in [1.807, 2.05) is 12.2 Å². The summed E-state index contributed by atoms with van der Waals surface area (Å²) in [6.07, 6.45) is 6.66. The fraction of sp³-hybridized carbons (Fsp3) is 0.444. The highest BCUT2D eigenvalue weighted by molar-refractivity contribution is 6.24. The molecule has 0 saturated heterocycles. The highest BCUT2D eigenvalue weighted by Gasteiger charge is 2.29. The predicted molar refractivity (Wildman–Crippen MR) is 49.7 cm³/mol. The van der Waals surface area contributed by atoms with Crippen molar-refractivity contribution in [2.75, 3.05) is 0 Å². The third kappa shape index (κ3) is 2.86. The lowest BCUT2D eigenvalue weighted by Gasteiger charge is -2.26. The quantitative estimate of drug-likeness (QED) is 0.712. The Labute approximate surface area is 81.6 Å². The largest absolute Gasteiger partial charge is 0.479 e. The van der Waals surface area contributed by atoms with Gasteiger partial charge in [-0.3, -0.25) is 0 Å². The lowest BCUT2D eigenvalue weighted by Crippen LogP contribution is -2.32. The molecule has 4 heteroatoms. The molecule has 0 amide bonds. The monoisotopic (exact) mass is 202 g/mol. The van der Waals surface area contributed by atoms with Crippen LogP contribution in [0.2, 0.25) is 0 Å². The first kappa shape index (κ1) is 10.3. The number of carboxylic acid groups (broad SMARTS) is 1. The second kappa shape index (κ2) is 3.94. The van der Waals surface area contributed by atoms with Crippen LogP contribution in [0, 0.1) is 0 Å². The average Bonchev–Trinajstić information content (AvgIpc) is 2.04. The summed E-state index contributed by atoms with van der Waals surface area (Å²) in [7, 11) is 0. The summed E-state index contributed by atoms with van der Waals surface area (Å²) in [5.41, 5.74) is 0. The van der Waals surface area contributed by atoms with E-state index < -0.39 is 17.1 Å². The third-order valence-corrected chi connectivity index (χ3v) is 2.08. The summed E-state index contributed by atoms with van der Waals surface area (Å²) < 4.78 is 5.17. The lowest BCUT2D eigenvalue weighted by atomic mass is 10.1. The molecule has 0 aromatic heterocycles. The standard InChI is InChI=1S/C9H11ClO3/c1-7(8(11)12)13-9(10)5-3-2-4-6-9/h2-5,7H,6H2,1H3,(H,11,12). The maximum absolute atomic E-state index is 10.5. The van der Waals surface area contributed by atoms with Crippen molar-refractivity contribution in [2.45, 2.75) is 24.5 Å². The van der Waals surface area contributed by atoms with E-state index in [0.717, 1.165) is 0 Å². The van der Waals surface area contributed by atoms with Gasteiger partial charge in [-0.1, -0.05) is 29.8 Å². The summed E-state index contributed by atoms with van der Waals surface area (Å²) in [6, 6.07) is 0. The summed E-state index contributed by atoms with van der Waals surface area (Å²) in [5.74, 6) is -1.01. The molecule has 1 aliphatic rings. The zero-order chi connectivity index (χ0) is 9.90. The molecular formula is C9H11ClO3. The van der Waals surface area contributed by atoms with E-state index in [1.165, 1.54) is 6.92 Å². The van der Waals surface area contributed by atoms with E-state index in [1.54, 1.807) is 12.2 Å². The Hall–Kier alpha value is -0.800. The number of carboxylic acids is 1. The van der Waals surface area contributed by atoms with Crippen LogP contribution in [0.3, 0.4) is 0 Å². The first-order valence-corrected chi connectivity index (χ1v) is 4.35. The predicted octanol–water partition coefficient (Wildman–Crippen LogP) is 1.93. The van der Waals surface area contributed by atoms with Crippen LogP contribution in [0.1, 0.15) is 13.3 Å². The van der Waals surface area contributed by atoms with Gasteiger partial charge in [0, 0.05) is 6.42 Å². The van der Waals surface area contributed by atoms with Crippen LogP contribution in [-0.2, 0) is 9.53 Å². The van der Waals surface area contributed by atoms with Gasteiger partial charge in [-0.25, -0.2) is 4.79 Å². The van der Waals surface area contributed by atoms with Gasteiger partial charge in [0.1, 0.15) is 0 Å². The number of alkyl halides is 1. The second-order valence-electron chi connectivity index (χ2n) is 2.88. The molecule has 2 atom stereocenters. The molecule has 0 radical (unpaired) electrons. The van der Waals surface area contributed by atoms with E-state index >= 15 is 0 Å². The normalized spacial score (nSPS) is 28.8. The Bertz CT molecular complexity index is 260.